The fraction of sp³-hybridized carbons (Fsp3) is 0.417. The summed E-state index contributed by atoms with van der Waals surface area (Å²) in [6.45, 7) is 1.36. The van der Waals surface area contributed by atoms with Gasteiger partial charge in [0.05, 0.1) is 10.5 Å². The molecule has 1 unspecified atom stereocenters. The summed E-state index contributed by atoms with van der Waals surface area (Å²) in [7, 11) is -4.95. The summed E-state index contributed by atoms with van der Waals surface area (Å²) < 4.78 is 50.7. The molecule has 0 fully saturated rings. The number of carboxylic acid groups (broad SMARTS) is 1. The molecule has 0 radical (unpaired) electrons. The summed E-state index contributed by atoms with van der Waals surface area (Å²) in [5.41, 5.74) is -0.755. The molecule has 0 aromatic heterocycles. The number of halogens is 1. The molecule has 1 atom stereocenters. The first-order chi connectivity index (χ1) is 9.65. The average Bonchev–Trinajstić information content (AvgIpc) is 2.37. The highest BCUT2D eigenvalue weighted by atomic mass is 32.2. The Kier molecular flexibility index (Phi) is 5.99. The molecule has 2 N–H and O–H groups in total. The zero-order valence-corrected chi connectivity index (χ0v) is 13.2. The standard InChI is InChI=1S/C12H16FNO5S2/c1-8-6-9(7-10(11(8)13)12(15)16)21(18,19)14-4-3-5-20(2)17/h6-7,14H,3-5H2,1-2H3,(H,15,16). The van der Waals surface area contributed by atoms with Gasteiger partial charge < -0.3 is 5.11 Å². The smallest absolute Gasteiger partial charge is 0.338 e. The Morgan fingerprint density at radius 1 is 1.43 bits per heavy atom. The van der Waals surface area contributed by atoms with E-state index in [1.807, 2.05) is 0 Å². The van der Waals surface area contributed by atoms with Crippen LogP contribution in [0.15, 0.2) is 17.0 Å². The van der Waals surface area contributed by atoms with Gasteiger partial charge in [0.25, 0.3) is 0 Å². The molecule has 0 aliphatic heterocycles. The summed E-state index contributed by atoms with van der Waals surface area (Å²) >= 11 is 0. The van der Waals surface area contributed by atoms with Gasteiger partial charge in [0, 0.05) is 29.4 Å². The first-order valence-electron chi connectivity index (χ1n) is 5.98. The number of aryl methyl sites for hydroxylation is 1. The second-order valence-electron chi connectivity index (χ2n) is 4.44. The minimum Gasteiger partial charge on any atom is -0.478 e. The normalized spacial score (nSPS) is 13.1. The maximum atomic E-state index is 13.6. The van der Waals surface area contributed by atoms with Crippen molar-refractivity contribution >= 4 is 26.8 Å². The van der Waals surface area contributed by atoms with Gasteiger partial charge in [-0.3, -0.25) is 4.21 Å². The fourth-order valence-electron chi connectivity index (χ4n) is 1.61. The van der Waals surface area contributed by atoms with Gasteiger partial charge in [0.15, 0.2) is 0 Å². The van der Waals surface area contributed by atoms with Gasteiger partial charge >= 0.3 is 5.97 Å². The molecular weight excluding hydrogens is 321 g/mol. The molecule has 0 amide bonds. The number of carboxylic acids is 1. The summed E-state index contributed by atoms with van der Waals surface area (Å²) in [6, 6.07) is 1.85. The van der Waals surface area contributed by atoms with E-state index in [0.717, 1.165) is 12.1 Å². The number of benzene rings is 1. The fourth-order valence-corrected chi connectivity index (χ4v) is 3.35. The molecule has 0 aliphatic carbocycles. The Bertz CT molecular complexity index is 672. The highest BCUT2D eigenvalue weighted by Crippen LogP contribution is 2.19. The summed E-state index contributed by atoms with van der Waals surface area (Å²) in [4.78, 5) is 10.6. The maximum absolute atomic E-state index is 13.6. The van der Waals surface area contributed by atoms with Crippen LogP contribution in [0.4, 0.5) is 4.39 Å². The Morgan fingerprint density at radius 3 is 2.57 bits per heavy atom. The van der Waals surface area contributed by atoms with Crippen LogP contribution in [0.2, 0.25) is 0 Å². The molecule has 0 bridgehead atoms. The molecule has 0 saturated heterocycles. The van der Waals surface area contributed by atoms with Crippen LogP contribution < -0.4 is 4.72 Å². The quantitative estimate of drug-likeness (QED) is 0.719. The predicted octanol–water partition coefficient (Wildman–Crippen LogP) is 0.879. The molecule has 0 aliphatic rings. The molecule has 0 spiro atoms. The minimum atomic E-state index is -3.93. The van der Waals surface area contributed by atoms with E-state index in [1.165, 1.54) is 13.2 Å². The van der Waals surface area contributed by atoms with E-state index >= 15 is 0 Å². The monoisotopic (exact) mass is 337 g/mol. The van der Waals surface area contributed by atoms with E-state index in [2.05, 4.69) is 4.72 Å². The van der Waals surface area contributed by atoms with E-state index in [0.29, 0.717) is 12.2 Å². The number of hydrogen-bond donors (Lipinski definition) is 2. The number of sulfonamides is 1. The lowest BCUT2D eigenvalue weighted by Crippen LogP contribution is -2.26. The SMILES string of the molecule is Cc1cc(S(=O)(=O)NCCCS(C)=O)cc(C(=O)O)c1F. The lowest BCUT2D eigenvalue weighted by molar-refractivity contribution is 0.0691. The Labute approximate surface area is 124 Å². The highest BCUT2D eigenvalue weighted by Gasteiger charge is 2.20. The molecular formula is C12H16FNO5S2. The number of aromatic carboxylic acids is 1. The molecule has 0 saturated carbocycles. The van der Waals surface area contributed by atoms with Gasteiger partial charge in [-0.2, -0.15) is 0 Å². The molecule has 0 heterocycles. The van der Waals surface area contributed by atoms with E-state index in [1.54, 1.807) is 0 Å². The van der Waals surface area contributed by atoms with Gasteiger partial charge in [-0.15, -0.1) is 0 Å². The number of nitrogens with one attached hydrogen (secondary N) is 1. The second-order valence-corrected chi connectivity index (χ2v) is 7.76. The van der Waals surface area contributed by atoms with Crippen LogP contribution in [0.25, 0.3) is 0 Å². The molecule has 9 heteroatoms. The first kappa shape index (κ1) is 17.7. The molecule has 1 rings (SSSR count). The zero-order valence-electron chi connectivity index (χ0n) is 11.6. The van der Waals surface area contributed by atoms with Crippen molar-refractivity contribution in [1.29, 1.82) is 0 Å². The van der Waals surface area contributed by atoms with Crippen molar-refractivity contribution in [2.75, 3.05) is 18.6 Å². The van der Waals surface area contributed by atoms with Gasteiger partial charge in [-0.25, -0.2) is 22.3 Å². The minimum absolute atomic E-state index is 0.0649. The number of hydrogen-bond acceptors (Lipinski definition) is 4. The molecule has 1 aromatic rings. The summed E-state index contributed by atoms with van der Waals surface area (Å²) in [5, 5.41) is 8.87. The largest absolute Gasteiger partial charge is 0.478 e. The van der Waals surface area contributed by atoms with Crippen molar-refractivity contribution in [3.63, 3.8) is 0 Å². The van der Waals surface area contributed by atoms with Gasteiger partial charge in [0.1, 0.15) is 5.82 Å². The second kappa shape index (κ2) is 7.10. The predicted molar refractivity (Wildman–Crippen MR) is 76.8 cm³/mol. The molecule has 1 aromatic carbocycles. The Morgan fingerprint density at radius 2 is 2.05 bits per heavy atom. The third-order valence-corrected chi connectivity index (χ3v) is 4.97. The van der Waals surface area contributed by atoms with Crippen LogP contribution >= 0.6 is 0 Å². The van der Waals surface area contributed by atoms with Crippen molar-refractivity contribution in [3.05, 3.63) is 29.1 Å². The number of rotatable bonds is 7. The third-order valence-electron chi connectivity index (χ3n) is 2.67. The van der Waals surface area contributed by atoms with Crippen LogP contribution in [0.5, 0.6) is 0 Å². The highest BCUT2D eigenvalue weighted by molar-refractivity contribution is 7.89. The van der Waals surface area contributed by atoms with Gasteiger partial charge in [-0.1, -0.05) is 0 Å². The first-order valence-corrected chi connectivity index (χ1v) is 9.19. The lowest BCUT2D eigenvalue weighted by atomic mass is 10.1. The van der Waals surface area contributed by atoms with Crippen molar-refractivity contribution in [2.45, 2.75) is 18.2 Å². The van der Waals surface area contributed by atoms with Crippen LogP contribution in [0, 0.1) is 12.7 Å². The van der Waals surface area contributed by atoms with Crippen LogP contribution in [-0.2, 0) is 20.8 Å². The van der Waals surface area contributed by atoms with Crippen molar-refractivity contribution < 1.29 is 26.9 Å². The van der Waals surface area contributed by atoms with E-state index < -0.39 is 38.2 Å². The van der Waals surface area contributed by atoms with Gasteiger partial charge in [0.2, 0.25) is 10.0 Å². The molecule has 118 valence electrons. The van der Waals surface area contributed by atoms with Gasteiger partial charge in [-0.05, 0) is 31.0 Å². The van der Waals surface area contributed by atoms with Crippen molar-refractivity contribution in [2.24, 2.45) is 0 Å². The average molecular weight is 337 g/mol. The van der Waals surface area contributed by atoms with E-state index in [9.17, 15) is 21.8 Å². The third kappa shape index (κ3) is 4.87. The molecule has 6 nitrogen and oxygen atoms in total. The van der Waals surface area contributed by atoms with E-state index in [-0.39, 0.29) is 17.0 Å². The van der Waals surface area contributed by atoms with Crippen LogP contribution in [0.1, 0.15) is 22.3 Å². The summed E-state index contributed by atoms with van der Waals surface area (Å²) in [6.07, 6.45) is 1.89. The Balaban J connectivity index is 2.98. The summed E-state index contributed by atoms with van der Waals surface area (Å²) in [5.74, 6) is -2.14. The van der Waals surface area contributed by atoms with Crippen LogP contribution in [-0.4, -0.2) is 42.3 Å². The topological polar surface area (TPSA) is 101 Å². The van der Waals surface area contributed by atoms with Crippen molar-refractivity contribution in [1.82, 2.24) is 4.72 Å². The molecule has 21 heavy (non-hydrogen) atoms. The maximum Gasteiger partial charge on any atom is 0.338 e. The van der Waals surface area contributed by atoms with E-state index in [4.69, 9.17) is 5.11 Å². The number of carbonyl (C=O) groups is 1. The van der Waals surface area contributed by atoms with Crippen molar-refractivity contribution in [3.8, 4) is 0 Å². The Hall–Kier alpha value is -1.32. The van der Waals surface area contributed by atoms with Crippen LogP contribution in [0.3, 0.4) is 0 Å². The zero-order chi connectivity index (χ0) is 16.2. The lowest BCUT2D eigenvalue weighted by Gasteiger charge is -2.09.